The van der Waals surface area contributed by atoms with Crippen LogP contribution in [0.1, 0.15) is 19.8 Å². The van der Waals surface area contributed by atoms with Crippen LogP contribution in [0.2, 0.25) is 0 Å². The minimum atomic E-state index is -0.394. The molecule has 50 valence electrons. The monoisotopic (exact) mass is 143 g/mol. The average molecular weight is 143 g/mol. The molecule has 4 heteroatoms. The number of hydrogen-bond donors (Lipinski definition) is 1. The summed E-state index contributed by atoms with van der Waals surface area (Å²) in [7, 11) is 0. The fraction of sp³-hybridized carbons (Fsp3) is 0.800. The van der Waals surface area contributed by atoms with Gasteiger partial charge in [0.15, 0.2) is 4.87 Å². The van der Waals surface area contributed by atoms with Crippen LogP contribution in [0.15, 0.2) is 15.4 Å². The Bertz CT molecular complexity index is 140. The summed E-state index contributed by atoms with van der Waals surface area (Å²) >= 11 is 4.25. The molecule has 1 rings (SSSR count). The highest BCUT2D eigenvalue weighted by atomic mass is 32.1. The Morgan fingerprint density at radius 2 is 2.44 bits per heavy atom. The Morgan fingerprint density at radius 3 is 2.89 bits per heavy atom. The molecule has 0 N–H and O–H groups in total. The van der Waals surface area contributed by atoms with Gasteiger partial charge in [-0.05, 0) is 11.6 Å². The highest BCUT2D eigenvalue weighted by molar-refractivity contribution is 7.82. The molecule has 0 aromatic rings. The molecule has 0 bridgehead atoms. The molecule has 1 atom stereocenters. The standard InChI is InChI=1S/C5H9N3S/c1-2-3-5(9)4-6-8-7-5/h4,9H,2-3H2,1H3. The lowest BCUT2D eigenvalue weighted by Crippen LogP contribution is -2.16. The van der Waals surface area contributed by atoms with Crippen molar-refractivity contribution < 1.29 is 0 Å². The van der Waals surface area contributed by atoms with Crippen molar-refractivity contribution >= 4 is 18.8 Å². The summed E-state index contributed by atoms with van der Waals surface area (Å²) in [6.45, 7) is 2.08. The zero-order valence-corrected chi connectivity index (χ0v) is 6.17. The molecule has 0 aromatic carbocycles. The first-order valence-corrected chi connectivity index (χ1v) is 3.40. The van der Waals surface area contributed by atoms with E-state index >= 15 is 0 Å². The Kier molecular flexibility index (Phi) is 1.85. The average Bonchev–Trinajstić information content (AvgIpc) is 2.16. The molecule has 0 radical (unpaired) electrons. The quantitative estimate of drug-likeness (QED) is 0.573. The summed E-state index contributed by atoms with van der Waals surface area (Å²) in [6.07, 6.45) is 3.62. The van der Waals surface area contributed by atoms with Gasteiger partial charge in [-0.2, -0.15) is 0 Å². The summed E-state index contributed by atoms with van der Waals surface area (Å²) in [6, 6.07) is 0. The van der Waals surface area contributed by atoms with Gasteiger partial charge in [0, 0.05) is 0 Å². The highest BCUT2D eigenvalue weighted by Crippen LogP contribution is 2.24. The molecule has 3 nitrogen and oxygen atoms in total. The maximum absolute atomic E-state index is 4.25. The van der Waals surface area contributed by atoms with E-state index in [1.54, 1.807) is 6.21 Å². The van der Waals surface area contributed by atoms with Crippen LogP contribution >= 0.6 is 12.6 Å². The molecule has 1 heterocycles. The van der Waals surface area contributed by atoms with E-state index in [0.717, 1.165) is 12.8 Å². The molecule has 1 unspecified atom stereocenters. The Morgan fingerprint density at radius 1 is 1.67 bits per heavy atom. The third-order valence-corrected chi connectivity index (χ3v) is 1.58. The SMILES string of the molecule is CCCC1(S)C=NN=N1. The van der Waals surface area contributed by atoms with Crippen molar-refractivity contribution in [2.75, 3.05) is 0 Å². The van der Waals surface area contributed by atoms with Gasteiger partial charge in [0.1, 0.15) is 0 Å². The molecule has 0 saturated carbocycles. The number of thiol groups is 1. The van der Waals surface area contributed by atoms with E-state index in [0.29, 0.717) is 0 Å². The summed E-state index contributed by atoms with van der Waals surface area (Å²) in [5.41, 5.74) is 0. The third-order valence-electron chi connectivity index (χ3n) is 1.15. The largest absolute Gasteiger partial charge is 0.163 e. The van der Waals surface area contributed by atoms with Gasteiger partial charge < -0.3 is 0 Å². The maximum atomic E-state index is 4.25. The maximum Gasteiger partial charge on any atom is 0.163 e. The second kappa shape index (κ2) is 2.47. The van der Waals surface area contributed by atoms with E-state index in [1.165, 1.54) is 0 Å². The number of rotatable bonds is 2. The van der Waals surface area contributed by atoms with Gasteiger partial charge in [0.25, 0.3) is 0 Å². The highest BCUT2D eigenvalue weighted by Gasteiger charge is 2.24. The molecule has 0 aliphatic carbocycles. The van der Waals surface area contributed by atoms with Gasteiger partial charge in [-0.15, -0.1) is 22.8 Å². The van der Waals surface area contributed by atoms with Gasteiger partial charge in [0.2, 0.25) is 0 Å². The predicted molar refractivity (Wildman–Crippen MR) is 40.0 cm³/mol. The summed E-state index contributed by atoms with van der Waals surface area (Å²) in [5.74, 6) is 0. The lowest BCUT2D eigenvalue weighted by atomic mass is 10.2. The molecule has 1 aliphatic rings. The van der Waals surface area contributed by atoms with E-state index in [1.807, 2.05) is 0 Å². The molecule has 9 heavy (non-hydrogen) atoms. The Labute approximate surface area is 59.7 Å². The molecule has 0 spiro atoms. The molecular weight excluding hydrogens is 134 g/mol. The smallest absolute Gasteiger partial charge is 0.145 e. The third kappa shape index (κ3) is 1.51. The fourth-order valence-electron chi connectivity index (χ4n) is 0.730. The van der Waals surface area contributed by atoms with E-state index in [2.05, 4.69) is 35.0 Å². The van der Waals surface area contributed by atoms with E-state index < -0.39 is 4.87 Å². The first-order valence-electron chi connectivity index (χ1n) is 2.95. The lowest BCUT2D eigenvalue weighted by Gasteiger charge is -2.10. The van der Waals surface area contributed by atoms with Crippen LogP contribution in [-0.2, 0) is 0 Å². The summed E-state index contributed by atoms with van der Waals surface area (Å²) in [4.78, 5) is -0.394. The first kappa shape index (κ1) is 6.74. The minimum absolute atomic E-state index is 0.394. The molecule has 1 aliphatic heterocycles. The number of hydrogen-bond acceptors (Lipinski definition) is 4. The molecule has 0 aromatic heterocycles. The Balaban J connectivity index is 2.53. The second-order valence-electron chi connectivity index (χ2n) is 2.06. The molecular formula is C5H9N3S. The van der Waals surface area contributed by atoms with Crippen LogP contribution < -0.4 is 0 Å². The van der Waals surface area contributed by atoms with Gasteiger partial charge in [-0.3, -0.25) is 0 Å². The van der Waals surface area contributed by atoms with Crippen molar-refractivity contribution in [2.24, 2.45) is 15.4 Å². The van der Waals surface area contributed by atoms with Crippen LogP contribution in [0.5, 0.6) is 0 Å². The number of nitrogens with zero attached hydrogens (tertiary/aromatic N) is 3. The van der Waals surface area contributed by atoms with Crippen molar-refractivity contribution in [3.63, 3.8) is 0 Å². The zero-order valence-electron chi connectivity index (χ0n) is 5.28. The topological polar surface area (TPSA) is 37.1 Å². The molecule has 0 saturated heterocycles. The Hall–Kier alpha value is -0.380. The van der Waals surface area contributed by atoms with Crippen molar-refractivity contribution in [1.29, 1.82) is 0 Å². The van der Waals surface area contributed by atoms with Gasteiger partial charge >= 0.3 is 0 Å². The molecule has 0 amide bonds. The summed E-state index contributed by atoms with van der Waals surface area (Å²) < 4.78 is 0. The van der Waals surface area contributed by atoms with Crippen molar-refractivity contribution in [2.45, 2.75) is 24.6 Å². The van der Waals surface area contributed by atoms with Crippen LogP contribution in [-0.4, -0.2) is 11.1 Å². The van der Waals surface area contributed by atoms with Crippen molar-refractivity contribution in [3.05, 3.63) is 0 Å². The predicted octanol–water partition coefficient (Wildman–Crippen LogP) is 1.86. The zero-order chi connectivity index (χ0) is 6.74. The van der Waals surface area contributed by atoms with Gasteiger partial charge in [-0.1, -0.05) is 13.3 Å². The minimum Gasteiger partial charge on any atom is -0.145 e. The summed E-state index contributed by atoms with van der Waals surface area (Å²) in [5, 5.41) is 10.9. The molecule has 0 fully saturated rings. The van der Waals surface area contributed by atoms with E-state index in [-0.39, 0.29) is 0 Å². The van der Waals surface area contributed by atoms with Gasteiger partial charge in [-0.25, -0.2) is 0 Å². The second-order valence-corrected chi connectivity index (χ2v) is 2.84. The van der Waals surface area contributed by atoms with Crippen LogP contribution in [0, 0.1) is 0 Å². The normalized spacial score (nSPS) is 31.8. The van der Waals surface area contributed by atoms with Crippen LogP contribution in [0.3, 0.4) is 0 Å². The van der Waals surface area contributed by atoms with Crippen molar-refractivity contribution in [3.8, 4) is 0 Å². The lowest BCUT2D eigenvalue weighted by molar-refractivity contribution is 0.685. The fourth-order valence-corrected chi connectivity index (χ4v) is 1.05. The first-order chi connectivity index (χ1) is 4.27. The van der Waals surface area contributed by atoms with E-state index in [9.17, 15) is 0 Å². The van der Waals surface area contributed by atoms with Crippen LogP contribution in [0.25, 0.3) is 0 Å². The van der Waals surface area contributed by atoms with Gasteiger partial charge in [0.05, 0.1) is 6.21 Å². The van der Waals surface area contributed by atoms with Crippen LogP contribution in [0.4, 0.5) is 0 Å². The van der Waals surface area contributed by atoms with Crippen molar-refractivity contribution in [1.82, 2.24) is 0 Å². The van der Waals surface area contributed by atoms with E-state index in [4.69, 9.17) is 0 Å².